The Bertz CT molecular complexity index is 1120. The number of rotatable bonds is 4. The van der Waals surface area contributed by atoms with Gasteiger partial charge in [-0.25, -0.2) is 4.99 Å². The second-order valence-corrected chi connectivity index (χ2v) is 10.3. The number of guanidine groups is 1. The Morgan fingerprint density at radius 2 is 1.97 bits per heavy atom. The Kier molecular flexibility index (Phi) is 4.63. The van der Waals surface area contributed by atoms with Gasteiger partial charge < -0.3 is 10.5 Å². The summed E-state index contributed by atoms with van der Waals surface area (Å²) in [6.45, 7) is 1.95. The van der Waals surface area contributed by atoms with Crippen molar-refractivity contribution >= 4 is 11.9 Å². The number of hydrogen-bond acceptors (Lipinski definition) is 6. The van der Waals surface area contributed by atoms with Crippen LogP contribution in [0, 0.1) is 5.41 Å². The molecule has 1 aliphatic heterocycles. The fourth-order valence-corrected chi connectivity index (χ4v) is 6.57. The van der Waals surface area contributed by atoms with E-state index in [0.717, 1.165) is 37.7 Å². The molecule has 7 heteroatoms. The van der Waals surface area contributed by atoms with Crippen LogP contribution in [0.5, 0.6) is 0 Å². The van der Waals surface area contributed by atoms with E-state index in [-0.39, 0.29) is 29.4 Å². The normalized spacial score (nSPS) is 31.8. The fourth-order valence-electron chi connectivity index (χ4n) is 6.57. The van der Waals surface area contributed by atoms with E-state index in [4.69, 9.17) is 15.5 Å². The van der Waals surface area contributed by atoms with Gasteiger partial charge >= 0.3 is 0 Å². The molecule has 2 aromatic rings. The van der Waals surface area contributed by atoms with Crippen LogP contribution in [0.1, 0.15) is 79.8 Å². The predicted octanol–water partition coefficient (Wildman–Crippen LogP) is 3.60. The van der Waals surface area contributed by atoms with Crippen LogP contribution in [0.3, 0.4) is 0 Å². The summed E-state index contributed by atoms with van der Waals surface area (Å²) in [5, 5.41) is 8.26. The third kappa shape index (κ3) is 2.91. The maximum atomic E-state index is 14.5. The van der Waals surface area contributed by atoms with Crippen LogP contribution >= 0.6 is 0 Å². The molecule has 4 aliphatic rings. The van der Waals surface area contributed by atoms with Crippen LogP contribution in [0.25, 0.3) is 0 Å². The fraction of sp³-hybridized carbons (Fsp3) is 0.538. The van der Waals surface area contributed by atoms with E-state index in [0.29, 0.717) is 11.6 Å². The first-order valence-corrected chi connectivity index (χ1v) is 12.1. The molecule has 2 fully saturated rings. The zero-order valence-electron chi connectivity index (χ0n) is 19.3. The molecule has 7 nitrogen and oxygen atoms in total. The van der Waals surface area contributed by atoms with Gasteiger partial charge in [-0.15, -0.1) is 0 Å². The lowest BCUT2D eigenvalue weighted by Crippen LogP contribution is -2.52. The largest absolute Gasteiger partial charge is 0.381 e. The molecule has 6 rings (SSSR count). The second-order valence-electron chi connectivity index (χ2n) is 10.3. The van der Waals surface area contributed by atoms with E-state index in [1.54, 1.807) is 18.2 Å². The van der Waals surface area contributed by atoms with Crippen molar-refractivity contribution in [3.8, 4) is 0 Å². The lowest BCUT2D eigenvalue weighted by molar-refractivity contribution is -0.139. The number of nitrogens with two attached hydrogens (primary N) is 1. The van der Waals surface area contributed by atoms with Crippen molar-refractivity contribution in [3.05, 3.63) is 58.9 Å². The SMILES string of the molecule is CO[C@H]1CC[C@]2(CC1)Cc1ccc(C3CC3)cc1C21N=C(N)N(C(C)c2cccnn2)C1=O. The Hall–Kier alpha value is -2.80. The number of aliphatic imine (C=N–C) groups is 1. The molecular weight excluding hydrogens is 414 g/mol. The molecule has 2 saturated carbocycles. The number of fused-ring (bicyclic) bond motifs is 3. The summed E-state index contributed by atoms with van der Waals surface area (Å²) in [5.74, 6) is 0.886. The molecule has 1 amide bonds. The van der Waals surface area contributed by atoms with Gasteiger partial charge in [0.2, 0.25) is 0 Å². The van der Waals surface area contributed by atoms with Gasteiger partial charge in [0.1, 0.15) is 0 Å². The smallest absolute Gasteiger partial charge is 0.263 e. The summed E-state index contributed by atoms with van der Waals surface area (Å²) in [6.07, 6.45) is 8.85. The Morgan fingerprint density at radius 3 is 2.64 bits per heavy atom. The van der Waals surface area contributed by atoms with Crippen molar-refractivity contribution in [1.29, 1.82) is 0 Å². The van der Waals surface area contributed by atoms with Crippen LogP contribution < -0.4 is 5.73 Å². The average molecular weight is 446 g/mol. The number of benzene rings is 1. The average Bonchev–Trinajstić information content (AvgIpc) is 3.61. The molecule has 2 spiro atoms. The molecule has 1 aromatic heterocycles. The topological polar surface area (TPSA) is 93.7 Å². The van der Waals surface area contributed by atoms with Gasteiger partial charge in [0, 0.05) is 18.7 Å². The molecule has 172 valence electrons. The summed E-state index contributed by atoms with van der Waals surface area (Å²) in [4.78, 5) is 21.3. The molecular formula is C26H31N5O2. The van der Waals surface area contributed by atoms with Crippen molar-refractivity contribution < 1.29 is 9.53 Å². The monoisotopic (exact) mass is 445 g/mol. The Morgan fingerprint density at radius 1 is 1.18 bits per heavy atom. The molecule has 0 radical (unpaired) electrons. The summed E-state index contributed by atoms with van der Waals surface area (Å²) >= 11 is 0. The van der Waals surface area contributed by atoms with E-state index in [2.05, 4.69) is 28.4 Å². The molecule has 2 heterocycles. The van der Waals surface area contributed by atoms with E-state index >= 15 is 0 Å². The van der Waals surface area contributed by atoms with Crippen LogP contribution in [0.15, 0.2) is 41.5 Å². The summed E-state index contributed by atoms with van der Waals surface area (Å²) < 4.78 is 5.67. The second kappa shape index (κ2) is 7.35. The number of ether oxygens (including phenoxy) is 1. The number of carbonyl (C=O) groups excluding carboxylic acids is 1. The van der Waals surface area contributed by atoms with Crippen molar-refractivity contribution in [1.82, 2.24) is 15.1 Å². The molecule has 2 atom stereocenters. The minimum Gasteiger partial charge on any atom is -0.381 e. The third-order valence-corrected chi connectivity index (χ3v) is 8.56. The summed E-state index contributed by atoms with van der Waals surface area (Å²) in [6, 6.07) is 10.2. The highest BCUT2D eigenvalue weighted by Crippen LogP contribution is 2.63. The molecule has 3 aliphatic carbocycles. The quantitative estimate of drug-likeness (QED) is 0.776. The van der Waals surface area contributed by atoms with Crippen LogP contribution in [0.4, 0.5) is 0 Å². The van der Waals surface area contributed by atoms with E-state index in [1.165, 1.54) is 24.0 Å². The third-order valence-electron chi connectivity index (χ3n) is 8.56. The first-order chi connectivity index (χ1) is 16.0. The zero-order chi connectivity index (χ0) is 22.8. The molecule has 0 saturated heterocycles. The predicted molar refractivity (Wildman–Crippen MR) is 124 cm³/mol. The van der Waals surface area contributed by atoms with Crippen molar-refractivity contribution in [3.63, 3.8) is 0 Å². The van der Waals surface area contributed by atoms with Crippen molar-refractivity contribution in [2.24, 2.45) is 16.1 Å². The number of amides is 1. The minimum atomic E-state index is -0.966. The lowest BCUT2D eigenvalue weighted by Gasteiger charge is -2.45. The van der Waals surface area contributed by atoms with Gasteiger partial charge in [-0.2, -0.15) is 10.2 Å². The van der Waals surface area contributed by atoms with Gasteiger partial charge in [-0.1, -0.05) is 18.2 Å². The number of hydrogen-bond donors (Lipinski definition) is 1. The van der Waals surface area contributed by atoms with Crippen molar-refractivity contribution in [2.45, 2.75) is 75.5 Å². The van der Waals surface area contributed by atoms with Crippen LogP contribution in [-0.2, 0) is 21.5 Å². The molecule has 33 heavy (non-hydrogen) atoms. The van der Waals surface area contributed by atoms with Gasteiger partial charge in [0.05, 0.1) is 17.8 Å². The minimum absolute atomic E-state index is 0.0132. The van der Waals surface area contributed by atoms with E-state index < -0.39 is 5.54 Å². The number of nitrogens with zero attached hydrogens (tertiary/aromatic N) is 4. The highest BCUT2D eigenvalue weighted by Gasteiger charge is 2.67. The van der Waals surface area contributed by atoms with Crippen molar-refractivity contribution in [2.75, 3.05) is 7.11 Å². The maximum Gasteiger partial charge on any atom is 0.263 e. The van der Waals surface area contributed by atoms with Crippen LogP contribution in [0.2, 0.25) is 0 Å². The Labute approximate surface area is 194 Å². The number of carbonyl (C=O) groups is 1. The number of methoxy groups -OCH3 is 1. The molecule has 0 bridgehead atoms. The first-order valence-electron chi connectivity index (χ1n) is 12.1. The first kappa shape index (κ1) is 20.8. The van der Waals surface area contributed by atoms with Gasteiger partial charge in [-0.05, 0) is 86.6 Å². The van der Waals surface area contributed by atoms with Gasteiger partial charge in [0.15, 0.2) is 11.5 Å². The summed E-state index contributed by atoms with van der Waals surface area (Å²) in [7, 11) is 1.78. The molecule has 1 aromatic carbocycles. The highest BCUT2D eigenvalue weighted by molar-refractivity contribution is 6.08. The summed E-state index contributed by atoms with van der Waals surface area (Å²) in [5.41, 5.74) is 9.68. The van der Waals surface area contributed by atoms with Crippen LogP contribution in [-0.4, -0.2) is 40.2 Å². The highest BCUT2D eigenvalue weighted by atomic mass is 16.5. The number of aromatic nitrogens is 2. The molecule has 2 unspecified atom stereocenters. The Balaban J connectivity index is 1.47. The van der Waals surface area contributed by atoms with E-state index in [9.17, 15) is 4.79 Å². The van der Waals surface area contributed by atoms with Gasteiger partial charge in [-0.3, -0.25) is 9.69 Å². The molecule has 2 N–H and O–H groups in total. The lowest BCUT2D eigenvalue weighted by atomic mass is 9.61. The van der Waals surface area contributed by atoms with Gasteiger partial charge in [0.25, 0.3) is 5.91 Å². The zero-order valence-corrected chi connectivity index (χ0v) is 19.3. The van der Waals surface area contributed by atoms with E-state index in [1.807, 2.05) is 19.1 Å². The standard InChI is InChI=1S/C26H31N5O2/c1-16(22-4-3-13-28-30-22)31-23(32)26(29-24(31)27)21-14-18(17-5-6-17)7-8-19(21)15-25(26)11-9-20(33-2)10-12-25/h3-4,7-8,13-14,16-17,20H,5-6,9-12,15H2,1-2H3,(H2,27,29)/t16?,20-,25-,26?. The maximum absolute atomic E-state index is 14.5.